The first-order valence-corrected chi connectivity index (χ1v) is 15.3. The van der Waals surface area contributed by atoms with Gasteiger partial charge in [0.2, 0.25) is 0 Å². The SMILES string of the molecule is CCCC(C(=O)O)(C(C)C)C(CCC)(C(=O)O)C(C)C.CCCOC(=O)C(C(C)C)C(C(=O)OCCC)C(C)C. The summed E-state index contributed by atoms with van der Waals surface area (Å²) in [6.07, 6.45) is 3.67. The molecule has 0 radical (unpaired) electrons. The molecule has 0 fully saturated rings. The topological polar surface area (TPSA) is 127 Å². The number of aliphatic carboxylic acids is 2. The van der Waals surface area contributed by atoms with Gasteiger partial charge >= 0.3 is 23.9 Å². The summed E-state index contributed by atoms with van der Waals surface area (Å²) in [5.41, 5.74) is -2.45. The van der Waals surface area contributed by atoms with Gasteiger partial charge in [-0.2, -0.15) is 0 Å². The van der Waals surface area contributed by atoms with Crippen molar-refractivity contribution >= 4 is 23.9 Å². The van der Waals surface area contributed by atoms with E-state index in [0.29, 0.717) is 38.9 Å². The lowest BCUT2D eigenvalue weighted by Crippen LogP contribution is -2.58. The van der Waals surface area contributed by atoms with Crippen LogP contribution in [0.25, 0.3) is 0 Å². The lowest BCUT2D eigenvalue weighted by atomic mass is 9.50. The molecular weight excluding hydrogens is 512 g/mol. The molecule has 40 heavy (non-hydrogen) atoms. The molecule has 0 saturated heterocycles. The number of rotatable bonds is 18. The quantitative estimate of drug-likeness (QED) is 0.162. The second-order valence-corrected chi connectivity index (χ2v) is 12.2. The Morgan fingerprint density at radius 3 is 0.975 bits per heavy atom. The van der Waals surface area contributed by atoms with Crippen molar-refractivity contribution in [1.82, 2.24) is 0 Å². The smallest absolute Gasteiger partial charge is 0.311 e. The normalized spacial score (nSPS) is 16.0. The molecule has 4 atom stereocenters. The third-order valence-electron chi connectivity index (χ3n) is 8.08. The van der Waals surface area contributed by atoms with Gasteiger partial charge in [-0.25, -0.2) is 0 Å². The highest BCUT2D eigenvalue weighted by Gasteiger charge is 2.63. The largest absolute Gasteiger partial charge is 0.481 e. The molecule has 8 heteroatoms. The maximum atomic E-state index is 12.2. The fourth-order valence-corrected chi connectivity index (χ4v) is 6.20. The first-order valence-electron chi connectivity index (χ1n) is 15.3. The van der Waals surface area contributed by atoms with Crippen molar-refractivity contribution in [2.45, 2.75) is 122 Å². The maximum Gasteiger partial charge on any atom is 0.311 e. The van der Waals surface area contributed by atoms with Gasteiger partial charge in [-0.15, -0.1) is 0 Å². The van der Waals surface area contributed by atoms with E-state index in [0.717, 1.165) is 12.8 Å². The zero-order valence-corrected chi connectivity index (χ0v) is 27.5. The van der Waals surface area contributed by atoms with Crippen molar-refractivity contribution < 1.29 is 38.9 Å². The molecule has 0 aliphatic heterocycles. The highest BCUT2D eigenvalue weighted by Crippen LogP contribution is 2.56. The third kappa shape index (κ3) is 9.76. The van der Waals surface area contributed by atoms with Crippen LogP contribution in [0.15, 0.2) is 0 Å². The zero-order valence-electron chi connectivity index (χ0n) is 27.5. The van der Waals surface area contributed by atoms with Crippen molar-refractivity contribution in [2.24, 2.45) is 46.3 Å². The van der Waals surface area contributed by atoms with E-state index in [-0.39, 0.29) is 35.6 Å². The van der Waals surface area contributed by atoms with Crippen LogP contribution in [0.4, 0.5) is 0 Å². The molecule has 2 N–H and O–H groups in total. The lowest BCUT2D eigenvalue weighted by Gasteiger charge is -2.50. The number of carboxylic acid groups (broad SMARTS) is 2. The molecule has 4 unspecified atom stereocenters. The fourth-order valence-electron chi connectivity index (χ4n) is 6.20. The van der Waals surface area contributed by atoms with Crippen LogP contribution in [0.3, 0.4) is 0 Å². The second kappa shape index (κ2) is 19.1. The minimum absolute atomic E-state index is 0.0425. The third-order valence-corrected chi connectivity index (χ3v) is 8.08. The summed E-state index contributed by atoms with van der Waals surface area (Å²) in [7, 11) is 0. The molecule has 8 nitrogen and oxygen atoms in total. The van der Waals surface area contributed by atoms with E-state index in [4.69, 9.17) is 9.47 Å². The Morgan fingerprint density at radius 1 is 0.550 bits per heavy atom. The minimum Gasteiger partial charge on any atom is -0.481 e. The van der Waals surface area contributed by atoms with E-state index < -0.39 is 34.6 Å². The van der Waals surface area contributed by atoms with E-state index in [2.05, 4.69) is 0 Å². The van der Waals surface area contributed by atoms with Crippen LogP contribution in [0.5, 0.6) is 0 Å². The van der Waals surface area contributed by atoms with Crippen molar-refractivity contribution in [3.05, 3.63) is 0 Å². The Hall–Kier alpha value is -2.12. The van der Waals surface area contributed by atoms with Crippen LogP contribution >= 0.6 is 0 Å². The summed E-state index contributed by atoms with van der Waals surface area (Å²) < 4.78 is 10.5. The lowest BCUT2D eigenvalue weighted by molar-refractivity contribution is -0.188. The first kappa shape index (κ1) is 40.0. The van der Waals surface area contributed by atoms with E-state index in [1.165, 1.54) is 0 Å². The summed E-state index contributed by atoms with van der Waals surface area (Å²) in [5.74, 6) is -3.77. The van der Waals surface area contributed by atoms with E-state index in [1.807, 2.05) is 83.1 Å². The van der Waals surface area contributed by atoms with Crippen molar-refractivity contribution in [3.8, 4) is 0 Å². The second-order valence-electron chi connectivity index (χ2n) is 12.2. The van der Waals surface area contributed by atoms with Crippen LogP contribution < -0.4 is 0 Å². The van der Waals surface area contributed by atoms with Gasteiger partial charge in [-0.05, 0) is 49.4 Å². The monoisotopic (exact) mass is 572 g/mol. The van der Waals surface area contributed by atoms with Gasteiger partial charge in [0.25, 0.3) is 0 Å². The van der Waals surface area contributed by atoms with Gasteiger partial charge in [-0.3, -0.25) is 19.2 Å². The summed E-state index contributed by atoms with van der Waals surface area (Å²) in [5, 5.41) is 19.8. The zero-order chi connectivity index (χ0) is 31.8. The molecular formula is C32H60O8. The molecule has 0 bridgehead atoms. The number of carbonyl (C=O) groups excluding carboxylic acids is 2. The van der Waals surface area contributed by atoms with Crippen LogP contribution in [-0.2, 0) is 28.7 Å². The molecule has 0 amide bonds. The van der Waals surface area contributed by atoms with Gasteiger partial charge in [0.05, 0.1) is 35.9 Å². The molecule has 0 heterocycles. The Balaban J connectivity index is 0. The van der Waals surface area contributed by atoms with Crippen LogP contribution in [0.2, 0.25) is 0 Å². The van der Waals surface area contributed by atoms with Crippen molar-refractivity contribution in [3.63, 3.8) is 0 Å². The average molecular weight is 573 g/mol. The summed E-state index contributed by atoms with van der Waals surface area (Å²) in [6, 6.07) is 0. The Kier molecular flexibility index (Phi) is 19.1. The number of hydrogen-bond donors (Lipinski definition) is 2. The highest BCUT2D eigenvalue weighted by atomic mass is 16.5. The minimum atomic E-state index is -1.22. The molecule has 236 valence electrons. The molecule has 0 rings (SSSR count). The average Bonchev–Trinajstić information content (AvgIpc) is 2.85. The molecule has 0 saturated carbocycles. The standard InChI is InChI=1S/2C16H30O4/c1-7-9-15(11(3)4,13(17)18)16(10-8-2,12(5)6)14(19)20;1-7-9-19-15(17)13(11(3)4)14(12(5)6)16(18)20-10-8-2/h11-12H,7-10H2,1-6H3,(H,17,18)(H,19,20);11-14H,7-10H2,1-6H3. The Labute approximate surface area is 244 Å². The van der Waals surface area contributed by atoms with Crippen LogP contribution in [0.1, 0.15) is 122 Å². The van der Waals surface area contributed by atoms with Crippen molar-refractivity contribution in [1.29, 1.82) is 0 Å². The maximum absolute atomic E-state index is 12.2. The van der Waals surface area contributed by atoms with E-state index in [1.54, 1.807) is 0 Å². The van der Waals surface area contributed by atoms with E-state index >= 15 is 0 Å². The number of hydrogen-bond acceptors (Lipinski definition) is 6. The fraction of sp³-hybridized carbons (Fsp3) is 0.875. The highest BCUT2D eigenvalue weighted by molar-refractivity contribution is 5.87. The number of ether oxygens (including phenoxy) is 2. The van der Waals surface area contributed by atoms with Gasteiger partial charge < -0.3 is 19.7 Å². The van der Waals surface area contributed by atoms with Crippen LogP contribution in [-0.4, -0.2) is 47.3 Å². The molecule has 0 aliphatic carbocycles. The van der Waals surface area contributed by atoms with E-state index in [9.17, 15) is 29.4 Å². The summed E-state index contributed by atoms with van der Waals surface area (Å²) in [4.78, 5) is 48.7. The van der Waals surface area contributed by atoms with Crippen LogP contribution in [0, 0.1) is 46.3 Å². The number of carboxylic acids is 2. The summed E-state index contributed by atoms with van der Waals surface area (Å²) >= 11 is 0. The molecule has 0 aromatic heterocycles. The van der Waals surface area contributed by atoms with Crippen molar-refractivity contribution in [2.75, 3.05) is 13.2 Å². The molecule has 0 aromatic carbocycles. The van der Waals surface area contributed by atoms with Gasteiger partial charge in [0.1, 0.15) is 0 Å². The van der Waals surface area contributed by atoms with Gasteiger partial charge in [0, 0.05) is 0 Å². The first-order chi connectivity index (χ1) is 18.5. The molecule has 0 spiro atoms. The Bertz CT molecular complexity index is 709. The molecule has 0 aliphatic rings. The van der Waals surface area contributed by atoms with Gasteiger partial charge in [0.15, 0.2) is 0 Å². The Morgan fingerprint density at radius 2 is 0.825 bits per heavy atom. The number of esters is 2. The number of carbonyl (C=O) groups is 4. The predicted molar refractivity (Wildman–Crippen MR) is 159 cm³/mol. The van der Waals surface area contributed by atoms with Gasteiger partial charge in [-0.1, -0.05) is 95.9 Å². The predicted octanol–water partition coefficient (Wildman–Crippen LogP) is 7.48. The summed E-state index contributed by atoms with van der Waals surface area (Å²) in [6.45, 7) is 23.6. The molecule has 0 aromatic rings.